The van der Waals surface area contributed by atoms with Gasteiger partial charge in [-0.25, -0.2) is 9.97 Å². The third-order valence-corrected chi connectivity index (χ3v) is 4.46. The van der Waals surface area contributed by atoms with Crippen LogP contribution < -0.4 is 4.90 Å². The molecule has 1 amide bonds. The average molecular weight is 295 g/mol. The number of carbonyl (C=O) groups excluding carboxylic acids is 1. The van der Waals surface area contributed by atoms with E-state index in [2.05, 4.69) is 19.9 Å². The smallest absolute Gasteiger partial charge is 0.228 e. The van der Waals surface area contributed by atoms with Crippen molar-refractivity contribution >= 4 is 11.9 Å². The van der Waals surface area contributed by atoms with Crippen LogP contribution in [0.1, 0.15) is 5.56 Å². The van der Waals surface area contributed by atoms with Gasteiger partial charge in [-0.05, 0) is 17.7 Å². The van der Waals surface area contributed by atoms with Crippen LogP contribution >= 0.6 is 0 Å². The molecule has 6 nitrogen and oxygen atoms in total. The Hall–Kier alpha value is -2.50. The Morgan fingerprint density at radius 1 is 1.09 bits per heavy atom. The van der Waals surface area contributed by atoms with Crippen molar-refractivity contribution < 1.29 is 4.79 Å². The first-order valence-corrected chi connectivity index (χ1v) is 7.51. The third kappa shape index (κ3) is 2.30. The maximum atomic E-state index is 12.6. The van der Waals surface area contributed by atoms with Gasteiger partial charge in [-0.2, -0.15) is 0 Å². The number of nitrogens with zero attached hydrogens (tertiary/aromatic N) is 5. The first kappa shape index (κ1) is 13.2. The molecule has 0 radical (unpaired) electrons. The Balaban J connectivity index is 1.44. The zero-order chi connectivity index (χ0) is 14.9. The van der Waals surface area contributed by atoms with E-state index in [1.54, 1.807) is 24.7 Å². The molecule has 2 aliphatic heterocycles. The summed E-state index contributed by atoms with van der Waals surface area (Å²) in [6.45, 7) is 3.03. The highest BCUT2D eigenvalue weighted by molar-refractivity contribution is 5.83. The van der Waals surface area contributed by atoms with Crippen molar-refractivity contribution in [2.24, 2.45) is 11.8 Å². The van der Waals surface area contributed by atoms with Crippen LogP contribution in [0.5, 0.6) is 0 Å². The second-order valence-corrected chi connectivity index (χ2v) is 5.90. The summed E-state index contributed by atoms with van der Waals surface area (Å²) in [5.41, 5.74) is 1.08. The fourth-order valence-electron chi connectivity index (χ4n) is 3.42. The number of amides is 1. The molecular formula is C16H17N5O. The fraction of sp³-hybridized carbons (Fsp3) is 0.375. The molecule has 0 bridgehead atoms. The second kappa shape index (κ2) is 5.36. The van der Waals surface area contributed by atoms with Crippen LogP contribution in [0.15, 0.2) is 43.0 Å². The molecule has 4 heterocycles. The summed E-state index contributed by atoms with van der Waals surface area (Å²) < 4.78 is 0. The summed E-state index contributed by atoms with van der Waals surface area (Å²) in [4.78, 5) is 29.4. The third-order valence-electron chi connectivity index (χ3n) is 4.46. The van der Waals surface area contributed by atoms with Gasteiger partial charge in [-0.1, -0.05) is 6.07 Å². The summed E-state index contributed by atoms with van der Waals surface area (Å²) in [5, 5.41) is 0. The van der Waals surface area contributed by atoms with Gasteiger partial charge >= 0.3 is 0 Å². The maximum absolute atomic E-state index is 12.6. The van der Waals surface area contributed by atoms with E-state index >= 15 is 0 Å². The summed E-state index contributed by atoms with van der Waals surface area (Å²) >= 11 is 0. The predicted molar refractivity (Wildman–Crippen MR) is 80.9 cm³/mol. The molecule has 4 rings (SSSR count). The Morgan fingerprint density at radius 3 is 2.68 bits per heavy atom. The lowest BCUT2D eigenvalue weighted by Gasteiger charge is -2.21. The van der Waals surface area contributed by atoms with E-state index < -0.39 is 0 Å². The summed E-state index contributed by atoms with van der Waals surface area (Å²) in [6.07, 6.45) is 7.06. The lowest BCUT2D eigenvalue weighted by molar-refractivity contribution is -0.131. The van der Waals surface area contributed by atoms with E-state index in [-0.39, 0.29) is 11.8 Å². The second-order valence-electron chi connectivity index (χ2n) is 5.90. The minimum Gasteiger partial charge on any atom is -0.340 e. The number of likely N-dealkylation sites (tertiary alicyclic amines) is 1. The minimum absolute atomic E-state index is 0.0699. The van der Waals surface area contributed by atoms with E-state index in [1.807, 2.05) is 23.2 Å². The van der Waals surface area contributed by atoms with Crippen molar-refractivity contribution in [3.63, 3.8) is 0 Å². The van der Waals surface area contributed by atoms with Crippen molar-refractivity contribution in [3.8, 4) is 0 Å². The summed E-state index contributed by atoms with van der Waals surface area (Å²) in [5.74, 6) is 1.41. The van der Waals surface area contributed by atoms with Gasteiger partial charge in [0.25, 0.3) is 0 Å². The molecule has 2 aromatic heterocycles. The molecule has 0 saturated carbocycles. The van der Waals surface area contributed by atoms with Crippen LogP contribution in [0.25, 0.3) is 0 Å². The number of hydrogen-bond donors (Lipinski definition) is 0. The maximum Gasteiger partial charge on any atom is 0.228 e. The molecule has 6 heteroatoms. The number of pyridine rings is 1. The molecule has 2 fully saturated rings. The van der Waals surface area contributed by atoms with Crippen molar-refractivity contribution in [1.29, 1.82) is 0 Å². The highest BCUT2D eigenvalue weighted by atomic mass is 16.2. The molecule has 0 N–H and O–H groups in total. The molecule has 0 aliphatic carbocycles. The van der Waals surface area contributed by atoms with Crippen LogP contribution in [0, 0.1) is 11.8 Å². The number of aromatic nitrogens is 3. The first-order valence-electron chi connectivity index (χ1n) is 7.51. The minimum atomic E-state index is 0.0699. The lowest BCUT2D eigenvalue weighted by Crippen LogP contribution is -2.33. The topological polar surface area (TPSA) is 62.2 Å². The summed E-state index contributed by atoms with van der Waals surface area (Å²) in [6, 6.07) is 5.73. The van der Waals surface area contributed by atoms with Gasteiger partial charge in [-0.15, -0.1) is 0 Å². The molecule has 112 valence electrons. The van der Waals surface area contributed by atoms with Gasteiger partial charge in [0.05, 0.1) is 5.92 Å². The van der Waals surface area contributed by atoms with Crippen LogP contribution in [0.4, 0.5) is 5.95 Å². The quantitative estimate of drug-likeness (QED) is 0.844. The molecule has 2 aromatic rings. The van der Waals surface area contributed by atoms with Gasteiger partial charge < -0.3 is 9.80 Å². The molecule has 22 heavy (non-hydrogen) atoms. The molecular weight excluding hydrogens is 278 g/mol. The SMILES string of the molecule is O=C1[C@H]2CN(c3ncccn3)C[C@H]2CN1Cc1cccnc1. The van der Waals surface area contributed by atoms with E-state index in [1.165, 1.54) is 0 Å². The fourth-order valence-corrected chi connectivity index (χ4v) is 3.42. The lowest BCUT2D eigenvalue weighted by atomic mass is 10.0. The van der Waals surface area contributed by atoms with E-state index in [4.69, 9.17) is 0 Å². The van der Waals surface area contributed by atoms with Gasteiger partial charge in [-0.3, -0.25) is 9.78 Å². The first-order chi connectivity index (χ1) is 10.8. The zero-order valence-electron chi connectivity index (χ0n) is 12.2. The number of hydrogen-bond acceptors (Lipinski definition) is 5. The monoisotopic (exact) mass is 295 g/mol. The van der Waals surface area contributed by atoms with Gasteiger partial charge in [0.15, 0.2) is 0 Å². The molecule has 0 spiro atoms. The highest BCUT2D eigenvalue weighted by Gasteiger charge is 2.46. The molecule has 2 atom stereocenters. The van der Waals surface area contributed by atoms with Crippen LogP contribution in [-0.4, -0.2) is 45.4 Å². The van der Waals surface area contributed by atoms with E-state index in [0.717, 1.165) is 31.1 Å². The van der Waals surface area contributed by atoms with Crippen molar-refractivity contribution in [1.82, 2.24) is 19.9 Å². The highest BCUT2D eigenvalue weighted by Crippen LogP contribution is 2.34. The zero-order valence-corrected chi connectivity index (χ0v) is 12.2. The average Bonchev–Trinajstić information content (AvgIpc) is 3.10. The van der Waals surface area contributed by atoms with Crippen LogP contribution in [0.3, 0.4) is 0 Å². The number of carbonyl (C=O) groups is 1. The van der Waals surface area contributed by atoms with Crippen molar-refractivity contribution in [3.05, 3.63) is 48.5 Å². The summed E-state index contributed by atoms with van der Waals surface area (Å²) in [7, 11) is 0. The standard InChI is InChI=1S/C16H17N5O/c22-15-14-11-21(16-18-5-2-6-19-16)10-13(14)9-20(15)8-12-3-1-4-17-7-12/h1-7,13-14H,8-11H2/t13-,14+/m1/s1. The van der Waals surface area contributed by atoms with E-state index in [9.17, 15) is 4.79 Å². The number of fused-ring (bicyclic) bond motifs is 1. The molecule has 0 unspecified atom stereocenters. The Labute approximate surface area is 128 Å². The van der Waals surface area contributed by atoms with Crippen LogP contribution in [-0.2, 0) is 11.3 Å². The molecule has 0 aromatic carbocycles. The van der Waals surface area contributed by atoms with E-state index in [0.29, 0.717) is 12.5 Å². The Bertz CT molecular complexity index is 663. The number of rotatable bonds is 3. The van der Waals surface area contributed by atoms with Crippen molar-refractivity contribution in [2.45, 2.75) is 6.54 Å². The normalized spacial score (nSPS) is 23.9. The molecule has 2 aliphatic rings. The van der Waals surface area contributed by atoms with Gasteiger partial charge in [0, 0.05) is 56.9 Å². The van der Waals surface area contributed by atoms with Gasteiger partial charge in [0.2, 0.25) is 11.9 Å². The van der Waals surface area contributed by atoms with Crippen LogP contribution in [0.2, 0.25) is 0 Å². The Morgan fingerprint density at radius 2 is 1.95 bits per heavy atom. The number of anilines is 1. The largest absolute Gasteiger partial charge is 0.340 e. The predicted octanol–water partition coefficient (Wildman–Crippen LogP) is 0.966. The van der Waals surface area contributed by atoms with Crippen molar-refractivity contribution in [2.75, 3.05) is 24.5 Å². The molecule has 2 saturated heterocycles. The Kier molecular flexibility index (Phi) is 3.21. The van der Waals surface area contributed by atoms with Gasteiger partial charge in [0.1, 0.15) is 0 Å².